The van der Waals surface area contributed by atoms with E-state index in [-0.39, 0.29) is 0 Å². The maximum atomic E-state index is 4.33. The van der Waals surface area contributed by atoms with Crippen LogP contribution in [-0.4, -0.2) is 67.8 Å². The molecule has 0 bridgehead atoms. The third kappa shape index (κ3) is 4.09. The van der Waals surface area contributed by atoms with Crippen LogP contribution in [0.25, 0.3) is 5.95 Å². The van der Waals surface area contributed by atoms with Crippen molar-refractivity contribution in [1.82, 2.24) is 34.6 Å². The van der Waals surface area contributed by atoms with Crippen LogP contribution in [0.2, 0.25) is 0 Å². The van der Waals surface area contributed by atoms with Gasteiger partial charge >= 0.3 is 0 Å². The molecule has 0 saturated carbocycles. The van der Waals surface area contributed by atoms with E-state index in [9.17, 15) is 0 Å². The molecule has 2 aromatic rings. The van der Waals surface area contributed by atoms with E-state index < -0.39 is 0 Å². The van der Waals surface area contributed by atoms with Crippen LogP contribution >= 0.6 is 0 Å². The Bertz CT molecular complexity index is 552. The average Bonchev–Trinajstić information content (AvgIpc) is 3.01. The maximum Gasteiger partial charge on any atom is 0.258 e. The van der Waals surface area contributed by atoms with Crippen LogP contribution in [0.3, 0.4) is 0 Å². The quantitative estimate of drug-likeness (QED) is 0.749. The monoisotopic (exact) mass is 291 g/mol. The predicted molar refractivity (Wildman–Crippen MR) is 80.5 cm³/mol. The van der Waals surface area contributed by atoms with E-state index in [1.165, 1.54) is 11.0 Å². The molecule has 2 N–H and O–H groups in total. The number of nitrogens with one attached hydrogen (secondary N) is 2. The second kappa shape index (κ2) is 6.93. The molecule has 2 rings (SSSR count). The van der Waals surface area contributed by atoms with Gasteiger partial charge in [-0.1, -0.05) is 0 Å². The van der Waals surface area contributed by atoms with Gasteiger partial charge in [0, 0.05) is 26.2 Å². The summed E-state index contributed by atoms with van der Waals surface area (Å²) in [5, 5.41) is 10.1. The molecule has 0 spiro atoms. The highest BCUT2D eigenvalue weighted by Crippen LogP contribution is 2.07. The van der Waals surface area contributed by atoms with Gasteiger partial charge in [0.25, 0.3) is 5.95 Å². The molecule has 2 aromatic heterocycles. The minimum atomic E-state index is 0.423. The van der Waals surface area contributed by atoms with Gasteiger partial charge in [-0.25, -0.2) is 4.98 Å². The molecule has 0 aliphatic rings. The van der Waals surface area contributed by atoms with E-state index in [0.29, 0.717) is 23.9 Å². The largest absolute Gasteiger partial charge is 0.357 e. The van der Waals surface area contributed by atoms with Crippen molar-refractivity contribution in [3.63, 3.8) is 0 Å². The van der Waals surface area contributed by atoms with Gasteiger partial charge in [0.15, 0.2) is 0 Å². The van der Waals surface area contributed by atoms with Gasteiger partial charge in [-0.05, 0) is 20.9 Å². The topological polar surface area (TPSA) is 96.7 Å². The summed E-state index contributed by atoms with van der Waals surface area (Å²) in [6.45, 7) is 5.96. The van der Waals surface area contributed by atoms with E-state index in [1.54, 1.807) is 13.4 Å². The molecular formula is C12H21N9. The summed E-state index contributed by atoms with van der Waals surface area (Å²) in [6.07, 6.45) is 2.98. The highest BCUT2D eigenvalue weighted by Gasteiger charge is 2.08. The molecular weight excluding hydrogens is 270 g/mol. The molecule has 0 radical (unpaired) electrons. The number of hydrogen-bond donors (Lipinski definition) is 2. The Morgan fingerprint density at radius 1 is 1.24 bits per heavy atom. The van der Waals surface area contributed by atoms with Crippen molar-refractivity contribution < 1.29 is 0 Å². The number of anilines is 2. The van der Waals surface area contributed by atoms with Gasteiger partial charge in [-0.3, -0.25) is 0 Å². The zero-order chi connectivity index (χ0) is 15.2. The lowest BCUT2D eigenvalue weighted by atomic mass is 10.3. The average molecular weight is 291 g/mol. The molecule has 9 heteroatoms. The van der Waals surface area contributed by atoms with Crippen molar-refractivity contribution >= 4 is 11.9 Å². The summed E-state index contributed by atoms with van der Waals surface area (Å²) >= 11 is 0. The van der Waals surface area contributed by atoms with Gasteiger partial charge in [0.05, 0.1) is 0 Å². The fraction of sp³-hybridized carbons (Fsp3) is 0.583. The lowest BCUT2D eigenvalue weighted by Gasteiger charge is -2.20. The lowest BCUT2D eigenvalue weighted by molar-refractivity contribution is 0.284. The Balaban J connectivity index is 2.07. The Kier molecular flexibility index (Phi) is 4.99. The summed E-state index contributed by atoms with van der Waals surface area (Å²) in [4.78, 5) is 19.0. The maximum absolute atomic E-state index is 4.33. The zero-order valence-corrected chi connectivity index (χ0v) is 12.8. The smallest absolute Gasteiger partial charge is 0.258 e. The van der Waals surface area contributed by atoms with Gasteiger partial charge in [-0.15, -0.1) is 0 Å². The molecule has 0 aliphatic heterocycles. The van der Waals surface area contributed by atoms with Crippen molar-refractivity contribution in [2.24, 2.45) is 0 Å². The number of likely N-dealkylation sites (N-methyl/N-ethyl adjacent to an activating group) is 1. The molecule has 9 nitrogen and oxygen atoms in total. The number of hydrogen-bond acceptors (Lipinski definition) is 8. The lowest BCUT2D eigenvalue weighted by Crippen LogP contribution is -2.31. The summed E-state index contributed by atoms with van der Waals surface area (Å²) in [5.74, 6) is 1.42. The van der Waals surface area contributed by atoms with Crippen LogP contribution in [0, 0.1) is 0 Å². The fourth-order valence-electron chi connectivity index (χ4n) is 1.57. The summed E-state index contributed by atoms with van der Waals surface area (Å²) in [7, 11) is 3.84. The molecule has 0 aliphatic carbocycles. The molecule has 0 saturated heterocycles. The molecule has 0 fully saturated rings. The Hall–Kier alpha value is -2.29. The van der Waals surface area contributed by atoms with Gasteiger partial charge < -0.3 is 15.5 Å². The van der Waals surface area contributed by atoms with Gasteiger partial charge in [0.1, 0.15) is 12.7 Å². The van der Waals surface area contributed by atoms with Crippen LogP contribution in [0.4, 0.5) is 11.9 Å². The first kappa shape index (κ1) is 15.1. The molecule has 0 unspecified atom stereocenters. The Morgan fingerprint density at radius 3 is 2.62 bits per heavy atom. The molecule has 0 aromatic carbocycles. The predicted octanol–water partition coefficient (Wildman–Crippen LogP) is 0.246. The van der Waals surface area contributed by atoms with Gasteiger partial charge in [0.2, 0.25) is 11.9 Å². The van der Waals surface area contributed by atoms with Crippen molar-refractivity contribution in [3.05, 3.63) is 12.7 Å². The highest BCUT2D eigenvalue weighted by atomic mass is 15.4. The first-order chi connectivity index (χ1) is 10.1. The molecule has 0 atom stereocenters. The van der Waals surface area contributed by atoms with E-state index in [4.69, 9.17) is 0 Å². The van der Waals surface area contributed by atoms with Crippen molar-refractivity contribution in [3.8, 4) is 5.95 Å². The van der Waals surface area contributed by atoms with Crippen molar-refractivity contribution in [2.45, 2.75) is 19.9 Å². The first-order valence-electron chi connectivity index (χ1n) is 6.83. The SMILES string of the molecule is CNc1nc(NCCN(C)C(C)C)nc(-n2cncn2)n1. The highest BCUT2D eigenvalue weighted by molar-refractivity contribution is 5.37. The molecule has 114 valence electrons. The van der Waals surface area contributed by atoms with Crippen LogP contribution in [0.1, 0.15) is 13.8 Å². The van der Waals surface area contributed by atoms with E-state index in [2.05, 4.69) is 61.5 Å². The second-order valence-electron chi connectivity index (χ2n) is 4.87. The van der Waals surface area contributed by atoms with E-state index in [0.717, 1.165) is 13.1 Å². The van der Waals surface area contributed by atoms with E-state index in [1.807, 2.05) is 0 Å². The normalized spacial score (nSPS) is 11.1. The molecule has 2 heterocycles. The summed E-state index contributed by atoms with van der Waals surface area (Å²) in [5.41, 5.74) is 0. The van der Waals surface area contributed by atoms with Crippen LogP contribution in [0.15, 0.2) is 12.7 Å². The van der Waals surface area contributed by atoms with Crippen LogP contribution in [-0.2, 0) is 0 Å². The number of aromatic nitrogens is 6. The zero-order valence-electron chi connectivity index (χ0n) is 12.8. The molecule has 21 heavy (non-hydrogen) atoms. The Labute approximate surface area is 123 Å². The number of nitrogens with zero attached hydrogens (tertiary/aromatic N) is 7. The fourth-order valence-corrected chi connectivity index (χ4v) is 1.57. The van der Waals surface area contributed by atoms with E-state index >= 15 is 0 Å². The van der Waals surface area contributed by atoms with Crippen molar-refractivity contribution in [1.29, 1.82) is 0 Å². The molecule has 0 amide bonds. The minimum Gasteiger partial charge on any atom is -0.357 e. The van der Waals surface area contributed by atoms with Gasteiger partial charge in [-0.2, -0.15) is 24.7 Å². The van der Waals surface area contributed by atoms with Crippen LogP contribution in [0.5, 0.6) is 0 Å². The third-order valence-corrected chi connectivity index (χ3v) is 3.10. The number of rotatable bonds is 7. The summed E-state index contributed by atoms with van der Waals surface area (Å²) in [6, 6.07) is 0.503. The summed E-state index contributed by atoms with van der Waals surface area (Å²) < 4.78 is 1.49. The Morgan fingerprint density at radius 2 is 2.00 bits per heavy atom. The second-order valence-corrected chi connectivity index (χ2v) is 4.87. The minimum absolute atomic E-state index is 0.423. The van der Waals surface area contributed by atoms with Crippen LogP contribution < -0.4 is 10.6 Å². The third-order valence-electron chi connectivity index (χ3n) is 3.10. The first-order valence-corrected chi connectivity index (χ1v) is 6.83. The van der Waals surface area contributed by atoms with Crippen molar-refractivity contribution in [2.75, 3.05) is 37.8 Å². The standard InChI is InChI=1S/C12H21N9/c1-9(2)20(4)6-5-15-11-17-10(13-3)18-12(19-11)21-8-14-7-16-21/h7-9H,5-6H2,1-4H3,(H2,13,15,17,18,19).